The summed E-state index contributed by atoms with van der Waals surface area (Å²) in [4.78, 5) is 11.0. The molecule has 1 rings (SSSR count). The first-order valence-corrected chi connectivity index (χ1v) is 5.54. The topological polar surface area (TPSA) is 52.3 Å². The second kappa shape index (κ2) is 5.54. The summed E-state index contributed by atoms with van der Waals surface area (Å²) in [5.74, 6) is 0.425. The molecular formula is C13H19NO2. The number of benzene rings is 1. The molecule has 0 radical (unpaired) electrons. The van der Waals surface area contributed by atoms with E-state index >= 15 is 0 Å². The Morgan fingerprint density at radius 2 is 2.06 bits per heavy atom. The van der Waals surface area contributed by atoms with Gasteiger partial charge in [0.05, 0.1) is 6.10 Å². The van der Waals surface area contributed by atoms with E-state index in [9.17, 15) is 4.79 Å². The van der Waals surface area contributed by atoms with Crippen LogP contribution in [0.5, 0.6) is 5.75 Å². The second-order valence-corrected chi connectivity index (χ2v) is 4.32. The number of carbonyl (C=O) groups is 1. The average Bonchev–Trinajstić information content (AvgIpc) is 2.16. The molecule has 88 valence electrons. The van der Waals surface area contributed by atoms with Crippen molar-refractivity contribution in [2.75, 3.05) is 0 Å². The molecule has 0 saturated carbocycles. The van der Waals surface area contributed by atoms with Crippen LogP contribution in [0.15, 0.2) is 24.3 Å². The van der Waals surface area contributed by atoms with E-state index in [2.05, 4.69) is 0 Å². The lowest BCUT2D eigenvalue weighted by molar-refractivity contribution is -0.121. The van der Waals surface area contributed by atoms with Crippen LogP contribution in [0, 0.1) is 5.92 Å². The van der Waals surface area contributed by atoms with E-state index in [1.807, 2.05) is 45.0 Å². The van der Waals surface area contributed by atoms with Gasteiger partial charge in [-0.05, 0) is 38.0 Å². The van der Waals surface area contributed by atoms with Gasteiger partial charge in [0.1, 0.15) is 5.75 Å². The first-order valence-electron chi connectivity index (χ1n) is 5.54. The summed E-state index contributed by atoms with van der Waals surface area (Å²) >= 11 is 0. The van der Waals surface area contributed by atoms with Gasteiger partial charge in [-0.15, -0.1) is 0 Å². The van der Waals surface area contributed by atoms with Crippen LogP contribution in [0.3, 0.4) is 0 Å². The zero-order chi connectivity index (χ0) is 12.1. The highest BCUT2D eigenvalue weighted by Gasteiger charge is 2.10. The van der Waals surface area contributed by atoms with Gasteiger partial charge >= 0.3 is 0 Å². The molecule has 0 aliphatic carbocycles. The average molecular weight is 221 g/mol. The molecule has 0 bridgehead atoms. The van der Waals surface area contributed by atoms with E-state index < -0.39 is 0 Å². The zero-order valence-electron chi connectivity index (χ0n) is 10.1. The van der Waals surface area contributed by atoms with Crippen LogP contribution in [0.1, 0.15) is 26.3 Å². The lowest BCUT2D eigenvalue weighted by Crippen LogP contribution is -2.22. The summed E-state index contributed by atoms with van der Waals surface area (Å²) in [5.41, 5.74) is 6.31. The number of hydrogen-bond donors (Lipinski definition) is 1. The van der Waals surface area contributed by atoms with Crippen LogP contribution in [0.25, 0.3) is 0 Å². The van der Waals surface area contributed by atoms with Crippen LogP contribution in [0.4, 0.5) is 0 Å². The molecule has 0 aliphatic heterocycles. The van der Waals surface area contributed by atoms with E-state index in [4.69, 9.17) is 10.5 Å². The Bertz CT molecular complexity index is 361. The SMILES string of the molecule is CC(C)Oc1cccc(CC(C)C(N)=O)c1. The number of hydrogen-bond acceptors (Lipinski definition) is 2. The highest BCUT2D eigenvalue weighted by molar-refractivity contribution is 5.76. The number of carbonyl (C=O) groups excluding carboxylic acids is 1. The maximum Gasteiger partial charge on any atom is 0.220 e. The van der Waals surface area contributed by atoms with Gasteiger partial charge in [0.25, 0.3) is 0 Å². The molecule has 1 unspecified atom stereocenters. The third-order valence-electron chi connectivity index (χ3n) is 2.30. The van der Waals surface area contributed by atoms with E-state index in [0.717, 1.165) is 11.3 Å². The van der Waals surface area contributed by atoms with Crippen molar-refractivity contribution in [3.8, 4) is 5.75 Å². The molecule has 1 aromatic rings. The van der Waals surface area contributed by atoms with Gasteiger partial charge < -0.3 is 10.5 Å². The van der Waals surface area contributed by atoms with Gasteiger partial charge in [-0.1, -0.05) is 19.1 Å². The molecule has 0 aromatic heterocycles. The molecule has 2 N–H and O–H groups in total. The van der Waals surface area contributed by atoms with Crippen molar-refractivity contribution >= 4 is 5.91 Å². The summed E-state index contributed by atoms with van der Waals surface area (Å²) < 4.78 is 5.58. The van der Waals surface area contributed by atoms with Crippen LogP contribution in [-0.4, -0.2) is 12.0 Å². The van der Waals surface area contributed by atoms with Gasteiger partial charge in [-0.25, -0.2) is 0 Å². The third kappa shape index (κ3) is 3.93. The molecule has 1 aromatic carbocycles. The van der Waals surface area contributed by atoms with Crippen LogP contribution in [-0.2, 0) is 11.2 Å². The summed E-state index contributed by atoms with van der Waals surface area (Å²) in [6.45, 7) is 5.80. The van der Waals surface area contributed by atoms with Crippen LogP contribution >= 0.6 is 0 Å². The number of ether oxygens (including phenoxy) is 1. The minimum atomic E-state index is -0.268. The highest BCUT2D eigenvalue weighted by Crippen LogP contribution is 2.17. The number of nitrogens with two attached hydrogens (primary N) is 1. The molecule has 16 heavy (non-hydrogen) atoms. The Morgan fingerprint density at radius 1 is 1.38 bits per heavy atom. The maximum atomic E-state index is 11.0. The Morgan fingerprint density at radius 3 is 2.62 bits per heavy atom. The summed E-state index contributed by atoms with van der Waals surface area (Å²) in [6.07, 6.45) is 0.814. The molecule has 0 heterocycles. The Hall–Kier alpha value is -1.51. The minimum absolute atomic E-state index is 0.144. The molecular weight excluding hydrogens is 202 g/mol. The van der Waals surface area contributed by atoms with Gasteiger partial charge in [0.2, 0.25) is 5.91 Å². The molecule has 0 aliphatic rings. The fourth-order valence-electron chi connectivity index (χ4n) is 1.47. The van der Waals surface area contributed by atoms with Gasteiger partial charge in [0, 0.05) is 5.92 Å². The van der Waals surface area contributed by atoms with Gasteiger partial charge in [-0.2, -0.15) is 0 Å². The Balaban J connectivity index is 2.70. The van der Waals surface area contributed by atoms with Crippen molar-refractivity contribution in [1.29, 1.82) is 0 Å². The minimum Gasteiger partial charge on any atom is -0.491 e. The monoisotopic (exact) mass is 221 g/mol. The predicted molar refractivity (Wildman–Crippen MR) is 64.3 cm³/mol. The first-order chi connectivity index (χ1) is 7.49. The second-order valence-electron chi connectivity index (χ2n) is 4.32. The van der Waals surface area contributed by atoms with E-state index in [0.29, 0.717) is 6.42 Å². The van der Waals surface area contributed by atoms with Crippen molar-refractivity contribution < 1.29 is 9.53 Å². The Labute approximate surface area is 96.6 Å². The van der Waals surface area contributed by atoms with Crippen LogP contribution < -0.4 is 10.5 Å². The lowest BCUT2D eigenvalue weighted by Gasteiger charge is -2.12. The third-order valence-corrected chi connectivity index (χ3v) is 2.30. The largest absolute Gasteiger partial charge is 0.491 e. The summed E-state index contributed by atoms with van der Waals surface area (Å²) in [7, 11) is 0. The predicted octanol–water partition coefficient (Wildman–Crippen LogP) is 2.14. The van der Waals surface area contributed by atoms with Crippen molar-refractivity contribution in [2.45, 2.75) is 33.3 Å². The molecule has 0 fully saturated rings. The normalized spacial score (nSPS) is 12.5. The van der Waals surface area contributed by atoms with E-state index in [1.165, 1.54) is 0 Å². The highest BCUT2D eigenvalue weighted by atomic mass is 16.5. The quantitative estimate of drug-likeness (QED) is 0.828. The fraction of sp³-hybridized carbons (Fsp3) is 0.462. The van der Waals surface area contributed by atoms with Gasteiger partial charge in [-0.3, -0.25) is 4.79 Å². The number of rotatable bonds is 5. The van der Waals surface area contributed by atoms with Gasteiger partial charge in [0.15, 0.2) is 0 Å². The fourth-order valence-corrected chi connectivity index (χ4v) is 1.47. The summed E-state index contributed by atoms with van der Waals surface area (Å²) in [5, 5.41) is 0. The zero-order valence-corrected chi connectivity index (χ0v) is 10.1. The molecule has 3 heteroatoms. The van der Waals surface area contributed by atoms with Crippen molar-refractivity contribution in [1.82, 2.24) is 0 Å². The van der Waals surface area contributed by atoms with E-state index in [-0.39, 0.29) is 17.9 Å². The molecule has 1 atom stereocenters. The van der Waals surface area contributed by atoms with E-state index in [1.54, 1.807) is 0 Å². The molecule has 1 amide bonds. The van der Waals surface area contributed by atoms with Crippen molar-refractivity contribution in [3.05, 3.63) is 29.8 Å². The van der Waals surface area contributed by atoms with Crippen LogP contribution in [0.2, 0.25) is 0 Å². The molecule has 0 saturated heterocycles. The molecule has 0 spiro atoms. The Kier molecular flexibility index (Phi) is 4.35. The van der Waals surface area contributed by atoms with Crippen molar-refractivity contribution in [2.24, 2.45) is 11.7 Å². The standard InChI is InChI=1S/C13H19NO2/c1-9(2)16-12-6-4-5-11(8-12)7-10(3)13(14)15/h4-6,8-10H,7H2,1-3H3,(H2,14,15). The number of primary amides is 1. The first kappa shape index (κ1) is 12.6. The number of amides is 1. The maximum absolute atomic E-state index is 11.0. The van der Waals surface area contributed by atoms with Crippen molar-refractivity contribution in [3.63, 3.8) is 0 Å². The lowest BCUT2D eigenvalue weighted by atomic mass is 10.0. The smallest absolute Gasteiger partial charge is 0.220 e. The molecule has 3 nitrogen and oxygen atoms in total. The summed E-state index contributed by atoms with van der Waals surface area (Å²) in [6, 6.07) is 7.78.